The molecular weight excluding hydrogens is 264 g/mol. The fourth-order valence-corrected chi connectivity index (χ4v) is 2.14. The van der Waals surface area contributed by atoms with Gasteiger partial charge in [-0.2, -0.15) is 0 Å². The Morgan fingerprint density at radius 3 is 2.89 bits per heavy atom. The van der Waals surface area contributed by atoms with E-state index in [-0.39, 0.29) is 11.2 Å². The van der Waals surface area contributed by atoms with Gasteiger partial charge in [0.05, 0.1) is 6.61 Å². The summed E-state index contributed by atoms with van der Waals surface area (Å²) in [4.78, 5) is 17.0. The monoisotopic (exact) mass is 290 g/mol. The molecule has 0 saturated carbocycles. The van der Waals surface area contributed by atoms with Gasteiger partial charge in [-0.25, -0.2) is 5.48 Å². The highest BCUT2D eigenvalue weighted by Crippen LogP contribution is 2.12. The van der Waals surface area contributed by atoms with Gasteiger partial charge in [0.25, 0.3) is 0 Å². The van der Waals surface area contributed by atoms with Crippen molar-refractivity contribution in [1.29, 1.82) is 0 Å². The van der Waals surface area contributed by atoms with Crippen molar-refractivity contribution in [2.24, 2.45) is 0 Å². The van der Waals surface area contributed by atoms with E-state index < -0.39 is 0 Å². The number of carbonyl (C=O) groups is 1. The van der Waals surface area contributed by atoms with Crippen molar-refractivity contribution in [3.63, 3.8) is 0 Å². The second kappa shape index (κ2) is 14.0. The van der Waals surface area contributed by atoms with Crippen LogP contribution in [0.2, 0.25) is 0 Å². The minimum absolute atomic E-state index is 0.0707. The van der Waals surface area contributed by atoms with E-state index in [9.17, 15) is 4.79 Å². The van der Waals surface area contributed by atoms with Gasteiger partial charge in [0.15, 0.2) is 0 Å². The van der Waals surface area contributed by atoms with E-state index in [2.05, 4.69) is 17.4 Å². The van der Waals surface area contributed by atoms with Crippen LogP contribution < -0.4 is 10.8 Å². The second-order valence-corrected chi connectivity index (χ2v) is 5.06. The van der Waals surface area contributed by atoms with Crippen LogP contribution in [0.4, 0.5) is 0 Å². The molecule has 2 N–H and O–H groups in total. The van der Waals surface area contributed by atoms with Crippen LogP contribution in [0.5, 0.6) is 0 Å². The van der Waals surface area contributed by atoms with E-state index in [0.29, 0.717) is 25.3 Å². The molecule has 0 aromatic rings. The average Bonchev–Trinajstić information content (AvgIpc) is 2.42. The summed E-state index contributed by atoms with van der Waals surface area (Å²) < 4.78 is 5.16. The molecule has 0 aliphatic heterocycles. The molecule has 1 atom stereocenters. The molecule has 0 aliphatic carbocycles. The first-order chi connectivity index (χ1) is 9.26. The number of hydrogen-bond donors (Lipinski definition) is 2. The Morgan fingerprint density at radius 1 is 1.47 bits per heavy atom. The van der Waals surface area contributed by atoms with Crippen LogP contribution in [0.1, 0.15) is 19.3 Å². The molecule has 0 aromatic carbocycles. The third-order valence-corrected chi connectivity index (χ3v) is 3.36. The highest BCUT2D eigenvalue weighted by atomic mass is 32.2. The van der Waals surface area contributed by atoms with Crippen LogP contribution in [0.25, 0.3) is 0 Å². The molecule has 0 radical (unpaired) electrons. The molecule has 0 fully saturated rings. The predicted octanol–water partition coefficient (Wildman–Crippen LogP) is 1.36. The van der Waals surface area contributed by atoms with Crippen LogP contribution >= 0.6 is 11.8 Å². The van der Waals surface area contributed by atoms with Gasteiger partial charge in [-0.3, -0.25) is 4.79 Å². The lowest BCUT2D eigenvalue weighted by molar-refractivity contribution is -0.120. The Kier molecular flexibility index (Phi) is 13.7. The molecule has 6 heteroatoms. The summed E-state index contributed by atoms with van der Waals surface area (Å²) >= 11 is 1.27. The fourth-order valence-electron chi connectivity index (χ4n) is 1.35. The molecule has 0 rings (SSSR count). The lowest BCUT2D eigenvalue weighted by atomic mass is 10.2. The molecule has 0 spiro atoms. The van der Waals surface area contributed by atoms with Gasteiger partial charge in [0.2, 0.25) is 5.12 Å². The zero-order valence-electron chi connectivity index (χ0n) is 11.9. The van der Waals surface area contributed by atoms with Crippen LogP contribution in [0, 0.1) is 0 Å². The number of nitrogens with one attached hydrogen (secondary N) is 2. The largest absolute Gasteiger partial charge is 0.373 e. The summed E-state index contributed by atoms with van der Waals surface area (Å²) in [6, 6.07) is 0. The Bertz CT molecular complexity index is 240. The molecule has 0 bridgehead atoms. The Labute approximate surface area is 120 Å². The van der Waals surface area contributed by atoms with Crippen LogP contribution in [0.3, 0.4) is 0 Å². The van der Waals surface area contributed by atoms with E-state index in [1.165, 1.54) is 11.8 Å². The fraction of sp³-hybridized carbons (Fsp3) is 0.769. The number of hydroxylamine groups is 1. The highest BCUT2D eigenvalue weighted by molar-refractivity contribution is 8.13. The molecule has 0 heterocycles. The second-order valence-electron chi connectivity index (χ2n) is 3.96. The maximum atomic E-state index is 11.8. The predicted molar refractivity (Wildman–Crippen MR) is 80.2 cm³/mol. The van der Waals surface area contributed by atoms with E-state index >= 15 is 0 Å². The zero-order chi connectivity index (χ0) is 14.3. The molecule has 1 unspecified atom stereocenters. The topological polar surface area (TPSA) is 59.6 Å². The first-order valence-corrected chi connectivity index (χ1v) is 7.54. The van der Waals surface area contributed by atoms with Crippen LogP contribution in [-0.4, -0.2) is 50.8 Å². The van der Waals surface area contributed by atoms with E-state index in [1.807, 2.05) is 7.05 Å². The molecule has 0 aromatic heterocycles. The van der Waals surface area contributed by atoms with E-state index in [1.54, 1.807) is 13.2 Å². The van der Waals surface area contributed by atoms with Crippen molar-refractivity contribution in [2.75, 3.05) is 39.6 Å². The third kappa shape index (κ3) is 11.1. The van der Waals surface area contributed by atoms with Crippen molar-refractivity contribution in [3.05, 3.63) is 12.7 Å². The molecular formula is C13H26N2O3S. The van der Waals surface area contributed by atoms with Gasteiger partial charge in [0.1, 0.15) is 6.10 Å². The summed E-state index contributed by atoms with van der Waals surface area (Å²) in [5.74, 6) is 0.679. The summed E-state index contributed by atoms with van der Waals surface area (Å²) in [7, 11) is 3.48. The summed E-state index contributed by atoms with van der Waals surface area (Å²) in [5.41, 5.74) is 2.84. The maximum absolute atomic E-state index is 11.8. The lowest BCUT2D eigenvalue weighted by Crippen LogP contribution is -2.24. The highest BCUT2D eigenvalue weighted by Gasteiger charge is 2.16. The summed E-state index contributed by atoms with van der Waals surface area (Å²) in [6.45, 7) is 5.89. The molecule has 5 nitrogen and oxygen atoms in total. The van der Waals surface area contributed by atoms with Gasteiger partial charge in [-0.05, 0) is 32.9 Å². The number of rotatable bonds is 13. The van der Waals surface area contributed by atoms with Crippen molar-refractivity contribution in [1.82, 2.24) is 10.8 Å². The number of allylic oxidation sites excluding steroid dienone is 1. The number of thioether (sulfide) groups is 1. The van der Waals surface area contributed by atoms with Gasteiger partial charge >= 0.3 is 0 Å². The standard InChI is InChI=1S/C13H26N2O3S/c1-4-5-7-12(17-3)13(16)19-11-9-15-18-10-6-8-14-2/h4,12,14-15H,1,5-11H2,2-3H3. The molecule has 19 heavy (non-hydrogen) atoms. The molecule has 0 aliphatic rings. The number of ether oxygens (including phenoxy) is 1. The summed E-state index contributed by atoms with van der Waals surface area (Å²) in [6.07, 6.45) is 3.91. The Hall–Kier alpha value is -0.400. The van der Waals surface area contributed by atoms with Crippen LogP contribution in [0.15, 0.2) is 12.7 Å². The first-order valence-electron chi connectivity index (χ1n) is 6.55. The first kappa shape index (κ1) is 18.6. The van der Waals surface area contributed by atoms with Crippen molar-refractivity contribution < 1.29 is 14.4 Å². The molecule has 112 valence electrons. The van der Waals surface area contributed by atoms with Gasteiger partial charge in [-0.15, -0.1) is 6.58 Å². The smallest absolute Gasteiger partial charge is 0.217 e. The van der Waals surface area contributed by atoms with Gasteiger partial charge in [-0.1, -0.05) is 17.8 Å². The van der Waals surface area contributed by atoms with E-state index in [0.717, 1.165) is 19.4 Å². The quantitative estimate of drug-likeness (QED) is 0.303. The van der Waals surface area contributed by atoms with Crippen molar-refractivity contribution in [2.45, 2.75) is 25.4 Å². The number of carbonyl (C=O) groups excluding carboxylic acids is 1. The average molecular weight is 290 g/mol. The van der Waals surface area contributed by atoms with Crippen molar-refractivity contribution in [3.8, 4) is 0 Å². The normalized spacial score (nSPS) is 12.3. The third-order valence-electron chi connectivity index (χ3n) is 2.40. The van der Waals surface area contributed by atoms with Gasteiger partial charge < -0.3 is 14.9 Å². The number of hydrogen-bond acceptors (Lipinski definition) is 6. The Balaban J connectivity index is 3.47. The Morgan fingerprint density at radius 2 is 2.26 bits per heavy atom. The lowest BCUT2D eigenvalue weighted by Gasteiger charge is -2.12. The molecule has 0 saturated heterocycles. The zero-order valence-corrected chi connectivity index (χ0v) is 12.8. The minimum Gasteiger partial charge on any atom is -0.373 e. The van der Waals surface area contributed by atoms with Crippen molar-refractivity contribution >= 4 is 16.9 Å². The number of methoxy groups -OCH3 is 1. The van der Waals surface area contributed by atoms with Gasteiger partial charge in [0, 0.05) is 19.4 Å². The molecule has 0 amide bonds. The maximum Gasteiger partial charge on any atom is 0.217 e. The van der Waals surface area contributed by atoms with E-state index in [4.69, 9.17) is 9.57 Å². The summed E-state index contributed by atoms with van der Waals surface area (Å²) in [5, 5.41) is 3.11. The SMILES string of the molecule is C=CCCC(OC)C(=O)SCCNOCCCNC. The minimum atomic E-state index is -0.334. The van der Waals surface area contributed by atoms with Crippen LogP contribution in [-0.2, 0) is 14.4 Å².